The molecule has 28 heavy (non-hydrogen) atoms. The van der Waals surface area contributed by atoms with Gasteiger partial charge in [-0.2, -0.15) is 5.10 Å². The van der Waals surface area contributed by atoms with E-state index in [1.807, 2.05) is 43.0 Å². The summed E-state index contributed by atoms with van der Waals surface area (Å²) in [7, 11) is 0. The zero-order valence-electron chi connectivity index (χ0n) is 16.6. The second-order valence-corrected chi connectivity index (χ2v) is 8.29. The van der Waals surface area contributed by atoms with Crippen LogP contribution in [-0.2, 0) is 6.42 Å². The molecule has 1 saturated heterocycles. The zero-order chi connectivity index (χ0) is 19.8. The Labute approximate surface area is 170 Å². The Balaban J connectivity index is 1.69. The monoisotopic (exact) mass is 396 g/mol. The minimum atomic E-state index is 0.0401. The molecule has 0 spiro atoms. The van der Waals surface area contributed by atoms with Gasteiger partial charge in [-0.15, -0.1) is 0 Å². The first kappa shape index (κ1) is 18.9. The SMILES string of the molecule is Cc1nc2c(C(=O)N3CCCC(C)C3)cnn2c(C)c1Cc1ccc(Cl)cc1. The number of hydrogen-bond donors (Lipinski definition) is 0. The molecule has 3 aromatic rings. The van der Waals surface area contributed by atoms with Gasteiger partial charge in [-0.3, -0.25) is 4.79 Å². The highest BCUT2D eigenvalue weighted by Crippen LogP contribution is 2.23. The van der Waals surface area contributed by atoms with Crippen molar-refractivity contribution in [2.75, 3.05) is 13.1 Å². The number of piperidine rings is 1. The van der Waals surface area contributed by atoms with E-state index in [0.717, 1.165) is 47.9 Å². The fraction of sp³-hybridized carbons (Fsp3) is 0.409. The van der Waals surface area contributed by atoms with Gasteiger partial charge < -0.3 is 4.90 Å². The second kappa shape index (κ2) is 7.55. The van der Waals surface area contributed by atoms with Gasteiger partial charge in [0.2, 0.25) is 0 Å². The van der Waals surface area contributed by atoms with Crippen molar-refractivity contribution in [3.63, 3.8) is 0 Å². The number of nitrogens with zero attached hydrogens (tertiary/aromatic N) is 4. The number of aromatic nitrogens is 3. The van der Waals surface area contributed by atoms with Crippen molar-refractivity contribution < 1.29 is 4.79 Å². The number of carbonyl (C=O) groups excluding carboxylic acids is 1. The molecule has 1 atom stereocenters. The minimum Gasteiger partial charge on any atom is -0.338 e. The third-order valence-electron chi connectivity index (χ3n) is 5.68. The lowest BCUT2D eigenvalue weighted by Gasteiger charge is -2.30. The van der Waals surface area contributed by atoms with Gasteiger partial charge in [0.25, 0.3) is 5.91 Å². The fourth-order valence-electron chi connectivity index (χ4n) is 4.07. The van der Waals surface area contributed by atoms with Crippen LogP contribution in [0.15, 0.2) is 30.5 Å². The summed E-state index contributed by atoms with van der Waals surface area (Å²) in [6.45, 7) is 7.86. The van der Waals surface area contributed by atoms with Gasteiger partial charge in [0, 0.05) is 35.9 Å². The summed E-state index contributed by atoms with van der Waals surface area (Å²) in [6.07, 6.45) is 4.67. The summed E-state index contributed by atoms with van der Waals surface area (Å²) >= 11 is 6.00. The van der Waals surface area contributed by atoms with Crippen LogP contribution < -0.4 is 0 Å². The van der Waals surface area contributed by atoms with E-state index in [0.29, 0.717) is 17.1 Å². The van der Waals surface area contributed by atoms with Crippen molar-refractivity contribution >= 4 is 23.2 Å². The molecule has 1 aromatic carbocycles. The number of rotatable bonds is 3. The maximum atomic E-state index is 13.1. The van der Waals surface area contributed by atoms with Crippen LogP contribution in [0.25, 0.3) is 5.65 Å². The number of fused-ring (bicyclic) bond motifs is 1. The molecular weight excluding hydrogens is 372 g/mol. The van der Waals surface area contributed by atoms with E-state index in [2.05, 4.69) is 12.0 Å². The van der Waals surface area contributed by atoms with Gasteiger partial charge in [0.15, 0.2) is 5.65 Å². The van der Waals surface area contributed by atoms with E-state index in [-0.39, 0.29) is 5.91 Å². The van der Waals surface area contributed by atoms with Gasteiger partial charge in [-0.25, -0.2) is 9.50 Å². The van der Waals surface area contributed by atoms with Crippen LogP contribution >= 0.6 is 11.6 Å². The van der Waals surface area contributed by atoms with E-state index in [1.165, 1.54) is 12.0 Å². The lowest BCUT2D eigenvalue weighted by Crippen LogP contribution is -2.39. The zero-order valence-corrected chi connectivity index (χ0v) is 17.3. The minimum absolute atomic E-state index is 0.0401. The van der Waals surface area contributed by atoms with Gasteiger partial charge in [-0.1, -0.05) is 30.7 Å². The lowest BCUT2D eigenvalue weighted by atomic mass is 10.00. The first-order chi connectivity index (χ1) is 13.4. The number of aryl methyl sites for hydroxylation is 2. The molecule has 5 nitrogen and oxygen atoms in total. The Morgan fingerprint density at radius 1 is 1.25 bits per heavy atom. The van der Waals surface area contributed by atoms with Crippen molar-refractivity contribution in [1.29, 1.82) is 0 Å². The summed E-state index contributed by atoms with van der Waals surface area (Å²) in [6, 6.07) is 7.86. The quantitative estimate of drug-likeness (QED) is 0.656. The maximum absolute atomic E-state index is 13.1. The molecule has 0 radical (unpaired) electrons. The van der Waals surface area contributed by atoms with E-state index in [9.17, 15) is 4.79 Å². The Bertz CT molecular complexity index is 1030. The molecular formula is C22H25ClN4O. The molecule has 1 aliphatic rings. The number of likely N-dealkylation sites (tertiary alicyclic amines) is 1. The van der Waals surface area contributed by atoms with Crippen LogP contribution in [-0.4, -0.2) is 38.5 Å². The van der Waals surface area contributed by atoms with E-state index < -0.39 is 0 Å². The fourth-order valence-corrected chi connectivity index (χ4v) is 4.19. The first-order valence-corrected chi connectivity index (χ1v) is 10.2. The maximum Gasteiger partial charge on any atom is 0.259 e. The van der Waals surface area contributed by atoms with Crippen LogP contribution in [0.1, 0.15) is 52.6 Å². The molecule has 1 unspecified atom stereocenters. The van der Waals surface area contributed by atoms with Crippen LogP contribution in [0, 0.1) is 19.8 Å². The Kier molecular flexibility index (Phi) is 5.11. The number of carbonyl (C=O) groups is 1. The highest BCUT2D eigenvalue weighted by Gasteiger charge is 2.26. The van der Waals surface area contributed by atoms with Crippen LogP contribution in [0.4, 0.5) is 0 Å². The molecule has 1 aliphatic heterocycles. The molecule has 0 bridgehead atoms. The van der Waals surface area contributed by atoms with E-state index in [1.54, 1.807) is 10.7 Å². The van der Waals surface area contributed by atoms with Crippen molar-refractivity contribution in [2.24, 2.45) is 5.92 Å². The molecule has 1 amide bonds. The Hall–Kier alpha value is -2.40. The van der Waals surface area contributed by atoms with E-state index in [4.69, 9.17) is 16.6 Å². The van der Waals surface area contributed by atoms with Gasteiger partial charge in [0.05, 0.1) is 6.20 Å². The summed E-state index contributed by atoms with van der Waals surface area (Å²) in [5, 5.41) is 5.23. The highest BCUT2D eigenvalue weighted by molar-refractivity contribution is 6.30. The van der Waals surface area contributed by atoms with Crippen molar-refractivity contribution in [3.05, 3.63) is 63.6 Å². The van der Waals surface area contributed by atoms with Crippen molar-refractivity contribution in [1.82, 2.24) is 19.5 Å². The molecule has 146 valence electrons. The summed E-state index contributed by atoms with van der Waals surface area (Å²) < 4.78 is 1.80. The highest BCUT2D eigenvalue weighted by atomic mass is 35.5. The lowest BCUT2D eigenvalue weighted by molar-refractivity contribution is 0.0685. The van der Waals surface area contributed by atoms with Gasteiger partial charge in [0.1, 0.15) is 5.56 Å². The molecule has 2 aromatic heterocycles. The predicted molar refractivity (Wildman–Crippen MR) is 111 cm³/mol. The van der Waals surface area contributed by atoms with Crippen LogP contribution in [0.5, 0.6) is 0 Å². The number of hydrogen-bond acceptors (Lipinski definition) is 3. The predicted octanol–water partition coefficient (Wildman–Crippen LogP) is 4.46. The molecule has 0 aliphatic carbocycles. The first-order valence-electron chi connectivity index (χ1n) is 9.81. The largest absolute Gasteiger partial charge is 0.338 e. The standard InChI is InChI=1S/C22H25ClN4O/c1-14-5-4-10-26(13-14)22(28)20-12-24-27-16(3)19(15(2)25-21(20)27)11-17-6-8-18(23)9-7-17/h6-9,12,14H,4-5,10-11,13H2,1-3H3. The van der Waals surface area contributed by atoms with Crippen LogP contribution in [0.3, 0.4) is 0 Å². The second-order valence-electron chi connectivity index (χ2n) is 7.86. The third kappa shape index (κ3) is 3.51. The summed E-state index contributed by atoms with van der Waals surface area (Å²) in [5.41, 5.74) is 5.49. The van der Waals surface area contributed by atoms with Crippen molar-refractivity contribution in [3.8, 4) is 0 Å². The molecule has 0 saturated carbocycles. The molecule has 1 fully saturated rings. The van der Waals surface area contributed by atoms with Gasteiger partial charge >= 0.3 is 0 Å². The van der Waals surface area contributed by atoms with Crippen LogP contribution in [0.2, 0.25) is 5.02 Å². The van der Waals surface area contributed by atoms with Crippen molar-refractivity contribution in [2.45, 2.75) is 40.0 Å². The van der Waals surface area contributed by atoms with E-state index >= 15 is 0 Å². The molecule has 4 rings (SSSR count). The summed E-state index contributed by atoms with van der Waals surface area (Å²) in [5.74, 6) is 0.584. The number of benzene rings is 1. The third-order valence-corrected chi connectivity index (χ3v) is 5.93. The smallest absolute Gasteiger partial charge is 0.259 e. The molecule has 0 N–H and O–H groups in total. The number of halogens is 1. The van der Waals surface area contributed by atoms with Gasteiger partial charge in [-0.05, 0) is 55.9 Å². The topological polar surface area (TPSA) is 50.5 Å². The number of amides is 1. The Morgan fingerprint density at radius 3 is 2.71 bits per heavy atom. The molecule has 6 heteroatoms. The normalized spacial score (nSPS) is 17.3. The molecule has 3 heterocycles. The average molecular weight is 397 g/mol. The average Bonchev–Trinajstić information content (AvgIpc) is 3.10. The summed E-state index contributed by atoms with van der Waals surface area (Å²) in [4.78, 5) is 19.8. The Morgan fingerprint density at radius 2 is 2.00 bits per heavy atom.